The second-order valence-electron chi connectivity index (χ2n) is 4.05. The van der Waals surface area contributed by atoms with Crippen molar-refractivity contribution in [1.82, 2.24) is 10.2 Å². The normalized spacial score (nSPS) is 10.4. The fourth-order valence-corrected chi connectivity index (χ4v) is 1.49. The van der Waals surface area contributed by atoms with Crippen LogP contribution in [0.3, 0.4) is 0 Å². The maximum Gasteiger partial charge on any atom is 0.256 e. The quantitative estimate of drug-likeness (QED) is 0.711. The zero-order valence-electron chi connectivity index (χ0n) is 10.0. The Labute approximate surface area is 103 Å². The maximum atomic E-state index is 13.5. The van der Waals surface area contributed by atoms with Gasteiger partial charge in [-0.25, -0.2) is 4.39 Å². The Hall–Kier alpha value is -2.37. The lowest BCUT2D eigenvalue weighted by atomic mass is 10.1. The molecule has 1 amide bonds. The number of nitrogens with zero attached hydrogens (tertiary/aromatic N) is 1. The van der Waals surface area contributed by atoms with E-state index in [4.69, 9.17) is 5.73 Å². The Morgan fingerprint density at radius 2 is 2.17 bits per heavy atom. The van der Waals surface area contributed by atoms with Crippen LogP contribution >= 0.6 is 0 Å². The number of hydrogen-bond acceptors (Lipinski definition) is 3. The molecule has 18 heavy (non-hydrogen) atoms. The van der Waals surface area contributed by atoms with Crippen LogP contribution in [0.2, 0.25) is 0 Å². The third kappa shape index (κ3) is 2.17. The third-order valence-corrected chi connectivity index (χ3v) is 2.71. The van der Waals surface area contributed by atoms with Crippen LogP contribution in [-0.4, -0.2) is 16.1 Å². The van der Waals surface area contributed by atoms with Gasteiger partial charge in [-0.1, -0.05) is 0 Å². The summed E-state index contributed by atoms with van der Waals surface area (Å²) in [7, 11) is 0. The number of anilines is 2. The topological polar surface area (TPSA) is 83.8 Å². The van der Waals surface area contributed by atoms with Gasteiger partial charge in [-0.15, -0.1) is 0 Å². The van der Waals surface area contributed by atoms with E-state index in [0.717, 1.165) is 11.6 Å². The van der Waals surface area contributed by atoms with Crippen LogP contribution in [0.25, 0.3) is 0 Å². The number of aryl methyl sites for hydroxylation is 1. The van der Waals surface area contributed by atoms with Crippen LogP contribution in [0, 0.1) is 19.7 Å². The summed E-state index contributed by atoms with van der Waals surface area (Å²) in [4.78, 5) is 11.9. The van der Waals surface area contributed by atoms with Gasteiger partial charge in [0.15, 0.2) is 0 Å². The van der Waals surface area contributed by atoms with E-state index in [-0.39, 0.29) is 11.3 Å². The number of amides is 1. The van der Waals surface area contributed by atoms with E-state index in [2.05, 4.69) is 15.5 Å². The Morgan fingerprint density at radius 3 is 2.72 bits per heavy atom. The molecule has 1 aromatic carbocycles. The largest absolute Gasteiger partial charge is 0.398 e. The second kappa shape index (κ2) is 4.48. The van der Waals surface area contributed by atoms with Crippen LogP contribution in [0.4, 0.5) is 15.9 Å². The van der Waals surface area contributed by atoms with Gasteiger partial charge < -0.3 is 11.1 Å². The molecule has 0 aliphatic rings. The van der Waals surface area contributed by atoms with Crippen molar-refractivity contribution in [3.05, 3.63) is 40.8 Å². The lowest BCUT2D eigenvalue weighted by molar-refractivity contribution is 0.102. The number of rotatable bonds is 2. The number of nitrogens with two attached hydrogens (primary N) is 1. The first-order valence-corrected chi connectivity index (χ1v) is 5.36. The van der Waals surface area contributed by atoms with Crippen LogP contribution < -0.4 is 11.1 Å². The van der Waals surface area contributed by atoms with Gasteiger partial charge in [-0.05, 0) is 26.0 Å². The van der Waals surface area contributed by atoms with E-state index in [0.29, 0.717) is 11.4 Å². The van der Waals surface area contributed by atoms with E-state index in [1.807, 2.05) is 0 Å². The monoisotopic (exact) mass is 248 g/mol. The Balaban J connectivity index is 2.27. The lowest BCUT2D eigenvalue weighted by Crippen LogP contribution is -2.14. The van der Waals surface area contributed by atoms with Crippen molar-refractivity contribution in [2.24, 2.45) is 0 Å². The first-order chi connectivity index (χ1) is 8.49. The smallest absolute Gasteiger partial charge is 0.256 e. The summed E-state index contributed by atoms with van der Waals surface area (Å²) in [6.45, 7) is 3.36. The average Bonchev–Trinajstić information content (AvgIpc) is 2.71. The van der Waals surface area contributed by atoms with Gasteiger partial charge in [0.2, 0.25) is 0 Å². The summed E-state index contributed by atoms with van der Waals surface area (Å²) < 4.78 is 13.5. The number of nitrogens with one attached hydrogen (secondary N) is 2. The number of H-pyrrole nitrogens is 1. The number of hydrogen-bond donors (Lipinski definition) is 3. The first-order valence-electron chi connectivity index (χ1n) is 5.36. The van der Waals surface area contributed by atoms with Gasteiger partial charge in [0, 0.05) is 22.4 Å². The molecule has 0 aliphatic carbocycles. The minimum atomic E-state index is -0.499. The molecule has 2 rings (SSSR count). The summed E-state index contributed by atoms with van der Waals surface area (Å²) in [6, 6.07) is 2.60. The van der Waals surface area contributed by atoms with Gasteiger partial charge in [0.1, 0.15) is 11.6 Å². The number of benzene rings is 1. The van der Waals surface area contributed by atoms with Crippen molar-refractivity contribution < 1.29 is 9.18 Å². The van der Waals surface area contributed by atoms with Gasteiger partial charge in [0.25, 0.3) is 5.91 Å². The molecule has 2 aromatic rings. The number of aromatic nitrogens is 2. The van der Waals surface area contributed by atoms with Crippen LogP contribution in [0.1, 0.15) is 21.5 Å². The fraction of sp³-hybridized carbons (Fsp3) is 0.167. The maximum absolute atomic E-state index is 13.5. The fourth-order valence-electron chi connectivity index (χ4n) is 1.49. The number of carbonyl (C=O) groups is 1. The summed E-state index contributed by atoms with van der Waals surface area (Å²) >= 11 is 0. The molecule has 5 nitrogen and oxygen atoms in total. The summed E-state index contributed by atoms with van der Waals surface area (Å²) in [5.41, 5.74) is 7.18. The second-order valence-corrected chi connectivity index (χ2v) is 4.05. The number of aromatic amines is 1. The predicted molar refractivity (Wildman–Crippen MR) is 66.8 cm³/mol. The average molecular weight is 248 g/mol. The van der Waals surface area contributed by atoms with E-state index in [1.54, 1.807) is 20.0 Å². The molecule has 6 heteroatoms. The van der Waals surface area contributed by atoms with Crippen molar-refractivity contribution in [3.63, 3.8) is 0 Å². The third-order valence-electron chi connectivity index (χ3n) is 2.71. The van der Waals surface area contributed by atoms with Crippen LogP contribution in [0.5, 0.6) is 0 Å². The summed E-state index contributed by atoms with van der Waals surface area (Å²) in [5, 5.41) is 9.02. The molecular formula is C12H13FN4O. The van der Waals surface area contributed by atoms with E-state index < -0.39 is 11.7 Å². The standard InChI is InChI=1S/C12H13FN4O/c1-6-5-15-17-11(6)16-12(18)8-3-9(13)7(2)10(14)4-8/h3-5H,14H2,1-2H3,(H2,15,16,17,18). The SMILES string of the molecule is Cc1cn[nH]c1NC(=O)c1cc(N)c(C)c(F)c1. The van der Waals surface area contributed by atoms with Crippen molar-refractivity contribution in [2.45, 2.75) is 13.8 Å². The van der Waals surface area contributed by atoms with Crippen molar-refractivity contribution in [2.75, 3.05) is 11.1 Å². The molecule has 0 fully saturated rings. The zero-order chi connectivity index (χ0) is 13.3. The summed E-state index contributed by atoms with van der Waals surface area (Å²) in [6.07, 6.45) is 1.58. The minimum absolute atomic E-state index is 0.171. The van der Waals surface area contributed by atoms with Crippen LogP contribution in [0.15, 0.2) is 18.3 Å². The Bertz CT molecular complexity index is 583. The highest BCUT2D eigenvalue weighted by Gasteiger charge is 2.12. The van der Waals surface area contributed by atoms with E-state index in [9.17, 15) is 9.18 Å². The minimum Gasteiger partial charge on any atom is -0.398 e. The molecule has 94 valence electrons. The molecule has 0 spiro atoms. The number of halogens is 1. The number of nitrogen functional groups attached to an aromatic ring is 1. The molecule has 0 radical (unpaired) electrons. The molecule has 1 aromatic heterocycles. The highest BCUT2D eigenvalue weighted by Crippen LogP contribution is 2.19. The van der Waals surface area contributed by atoms with Gasteiger partial charge >= 0.3 is 0 Å². The van der Waals surface area contributed by atoms with Crippen molar-refractivity contribution in [1.29, 1.82) is 0 Å². The highest BCUT2D eigenvalue weighted by molar-refractivity contribution is 6.04. The molecule has 1 heterocycles. The molecule has 0 unspecified atom stereocenters. The van der Waals surface area contributed by atoms with Crippen LogP contribution in [-0.2, 0) is 0 Å². The number of carbonyl (C=O) groups excluding carboxylic acids is 1. The van der Waals surface area contributed by atoms with E-state index >= 15 is 0 Å². The zero-order valence-corrected chi connectivity index (χ0v) is 10.0. The molecule has 0 aliphatic heterocycles. The molecule has 4 N–H and O–H groups in total. The molecule has 0 bridgehead atoms. The van der Waals surface area contributed by atoms with Gasteiger partial charge in [-0.2, -0.15) is 5.10 Å². The Kier molecular flexibility index (Phi) is 3.01. The summed E-state index contributed by atoms with van der Waals surface area (Å²) in [5.74, 6) is -0.450. The molecule has 0 saturated carbocycles. The van der Waals surface area contributed by atoms with Crippen molar-refractivity contribution >= 4 is 17.4 Å². The van der Waals surface area contributed by atoms with Gasteiger partial charge in [-0.3, -0.25) is 9.89 Å². The lowest BCUT2D eigenvalue weighted by Gasteiger charge is -2.07. The van der Waals surface area contributed by atoms with Gasteiger partial charge in [0.05, 0.1) is 6.20 Å². The Morgan fingerprint density at radius 1 is 1.44 bits per heavy atom. The molecule has 0 atom stereocenters. The van der Waals surface area contributed by atoms with Crippen molar-refractivity contribution in [3.8, 4) is 0 Å². The first kappa shape index (κ1) is 12.1. The predicted octanol–water partition coefficient (Wildman–Crippen LogP) is 2.00. The molecular weight excluding hydrogens is 235 g/mol. The molecule has 0 saturated heterocycles. The highest BCUT2D eigenvalue weighted by atomic mass is 19.1. The van der Waals surface area contributed by atoms with E-state index in [1.165, 1.54) is 6.07 Å².